The molecule has 25 heavy (non-hydrogen) atoms. The molecule has 0 N–H and O–H groups in total. The van der Waals surface area contributed by atoms with Gasteiger partial charge in [0.05, 0.1) is 0 Å². The van der Waals surface area contributed by atoms with E-state index < -0.39 is 20.8 Å². The summed E-state index contributed by atoms with van der Waals surface area (Å²) in [6.07, 6.45) is 4.68. The van der Waals surface area contributed by atoms with Gasteiger partial charge in [0.1, 0.15) is 0 Å². The van der Waals surface area contributed by atoms with Gasteiger partial charge in [0.25, 0.3) is 0 Å². The summed E-state index contributed by atoms with van der Waals surface area (Å²) in [5.41, 5.74) is 8.37. The quantitative estimate of drug-likeness (QED) is 0.440. The third-order valence-electron chi connectivity index (χ3n) is 4.50. The molecule has 1 aliphatic carbocycles. The molecule has 0 spiro atoms. The van der Waals surface area contributed by atoms with Crippen LogP contribution in [0.25, 0.3) is 17.2 Å². The van der Waals surface area contributed by atoms with Crippen molar-refractivity contribution >= 4 is 23.1 Å². The van der Waals surface area contributed by atoms with Crippen molar-refractivity contribution in [1.29, 1.82) is 0 Å². The van der Waals surface area contributed by atoms with Crippen molar-refractivity contribution in [3.63, 3.8) is 0 Å². The number of hydrogen-bond acceptors (Lipinski definition) is 0. The molecule has 0 nitrogen and oxygen atoms in total. The molecule has 0 saturated heterocycles. The van der Waals surface area contributed by atoms with Gasteiger partial charge in [-0.05, 0) is 39.2 Å². The Bertz CT molecular complexity index is 738. The first-order valence-corrected chi connectivity index (χ1v) is 14.9. The maximum atomic E-state index is 4.93. The number of rotatable bonds is 2. The fourth-order valence-electron chi connectivity index (χ4n) is 2.99. The van der Waals surface area contributed by atoms with E-state index in [-0.39, 0.29) is 5.41 Å². The summed E-state index contributed by atoms with van der Waals surface area (Å²) in [4.78, 5) is 0. The molecular weight excluding hydrogens is 426 g/mol. The molecule has 131 valence electrons. The predicted octanol–water partition coefficient (Wildman–Crippen LogP) is 7.63. The molecule has 0 aromatic heterocycles. The maximum absolute atomic E-state index is 4.93. The topological polar surface area (TPSA) is 0 Å². The van der Waals surface area contributed by atoms with Gasteiger partial charge in [-0.25, -0.2) is 0 Å². The van der Waals surface area contributed by atoms with Crippen molar-refractivity contribution in [3.8, 4) is 11.1 Å². The van der Waals surface area contributed by atoms with E-state index >= 15 is 0 Å². The normalized spacial score (nSPS) is 13.0. The predicted molar refractivity (Wildman–Crippen MR) is 109 cm³/mol. The summed E-state index contributed by atoms with van der Waals surface area (Å²) >= 11 is -0.826. The van der Waals surface area contributed by atoms with Gasteiger partial charge < -0.3 is 0 Å². The number of halogens is 2. The summed E-state index contributed by atoms with van der Waals surface area (Å²) in [5, 5.41) is 0. The summed E-state index contributed by atoms with van der Waals surface area (Å²) < 4.78 is 0. The SMILES string of the molecule is CC(C)C1=Cc2c(cccc2-c2ccc(C(C)(C)C)cc2)[CH]1.[Cl][Zr][Cl]. The standard InChI is InChI=1S/C22H25.2ClH.Zr/c1-15(2)18-13-17-7-6-8-20(21(17)14-18)16-9-11-19(12-10-16)22(3,4)5;;;/h6-15H,1-5H3;2*1H;/q;;;+2/p-2. The Labute approximate surface area is 171 Å². The van der Waals surface area contributed by atoms with Crippen molar-refractivity contribution in [2.45, 2.75) is 40.0 Å². The van der Waals surface area contributed by atoms with Gasteiger partial charge in [0.15, 0.2) is 0 Å². The van der Waals surface area contributed by atoms with Gasteiger partial charge in [0.2, 0.25) is 0 Å². The van der Waals surface area contributed by atoms with Crippen molar-refractivity contribution in [2.75, 3.05) is 0 Å². The van der Waals surface area contributed by atoms with E-state index in [0.717, 1.165) is 0 Å². The Morgan fingerprint density at radius 1 is 0.920 bits per heavy atom. The van der Waals surface area contributed by atoms with E-state index in [1.807, 2.05) is 0 Å². The number of benzene rings is 2. The van der Waals surface area contributed by atoms with E-state index in [4.69, 9.17) is 17.0 Å². The fraction of sp³-hybridized carbons (Fsp3) is 0.318. The Morgan fingerprint density at radius 2 is 1.52 bits per heavy atom. The molecule has 1 radical (unpaired) electrons. The van der Waals surface area contributed by atoms with Crippen LogP contribution in [0.2, 0.25) is 0 Å². The second kappa shape index (κ2) is 9.03. The van der Waals surface area contributed by atoms with Crippen molar-refractivity contribution < 1.29 is 20.8 Å². The van der Waals surface area contributed by atoms with Gasteiger partial charge in [-0.1, -0.05) is 88.7 Å². The van der Waals surface area contributed by atoms with Crippen LogP contribution in [0.1, 0.15) is 51.3 Å². The van der Waals surface area contributed by atoms with Crippen LogP contribution in [0.4, 0.5) is 0 Å². The number of allylic oxidation sites excluding steroid dienone is 1. The molecule has 0 unspecified atom stereocenters. The Morgan fingerprint density at radius 3 is 2.04 bits per heavy atom. The molecule has 1 aliphatic rings. The van der Waals surface area contributed by atoms with Gasteiger partial charge in [-0.2, -0.15) is 0 Å². The zero-order valence-corrected chi connectivity index (χ0v) is 19.5. The fourth-order valence-corrected chi connectivity index (χ4v) is 2.99. The van der Waals surface area contributed by atoms with E-state index in [1.54, 1.807) is 0 Å². The van der Waals surface area contributed by atoms with E-state index in [0.29, 0.717) is 5.92 Å². The molecular formula is C22H25Cl2Zr. The third-order valence-corrected chi connectivity index (χ3v) is 4.50. The molecule has 2 aromatic carbocycles. The molecule has 0 heterocycles. The first-order valence-electron chi connectivity index (χ1n) is 8.54. The van der Waals surface area contributed by atoms with Gasteiger partial charge in [-0.15, -0.1) is 0 Å². The Hall–Kier alpha value is -0.357. The van der Waals surface area contributed by atoms with Crippen LogP contribution < -0.4 is 0 Å². The molecule has 0 saturated carbocycles. The average Bonchev–Trinajstić information content (AvgIpc) is 2.99. The molecule has 0 amide bonds. The summed E-state index contributed by atoms with van der Waals surface area (Å²) in [6.45, 7) is 11.3. The van der Waals surface area contributed by atoms with Crippen molar-refractivity contribution in [2.24, 2.45) is 5.92 Å². The first kappa shape index (κ1) is 20.9. The van der Waals surface area contributed by atoms with E-state index in [1.165, 1.54) is 33.4 Å². The Balaban J connectivity index is 0.000000701. The minimum absolute atomic E-state index is 0.204. The van der Waals surface area contributed by atoms with Crippen LogP contribution >= 0.6 is 17.0 Å². The van der Waals surface area contributed by atoms with Crippen LogP contribution in [0.5, 0.6) is 0 Å². The number of hydrogen-bond donors (Lipinski definition) is 0. The van der Waals surface area contributed by atoms with Crippen LogP contribution in [-0.4, -0.2) is 0 Å². The molecule has 0 fully saturated rings. The second-order valence-electron chi connectivity index (χ2n) is 7.65. The van der Waals surface area contributed by atoms with Gasteiger partial charge >= 0.3 is 37.9 Å². The molecule has 0 bridgehead atoms. The van der Waals surface area contributed by atoms with E-state index in [2.05, 4.69) is 89.6 Å². The first-order chi connectivity index (χ1) is 11.8. The van der Waals surface area contributed by atoms with Crippen LogP contribution in [0.3, 0.4) is 0 Å². The molecule has 0 atom stereocenters. The monoisotopic (exact) mass is 449 g/mol. The molecule has 3 heteroatoms. The van der Waals surface area contributed by atoms with E-state index in [9.17, 15) is 0 Å². The third kappa shape index (κ3) is 5.32. The zero-order valence-electron chi connectivity index (χ0n) is 15.5. The molecule has 3 rings (SSSR count). The zero-order chi connectivity index (χ0) is 18.6. The molecule has 0 aliphatic heterocycles. The Kier molecular flexibility index (Phi) is 7.57. The summed E-state index contributed by atoms with van der Waals surface area (Å²) in [5.74, 6) is 0.573. The molecule has 2 aromatic rings. The minimum atomic E-state index is -0.826. The van der Waals surface area contributed by atoms with Crippen molar-refractivity contribution in [3.05, 3.63) is 71.1 Å². The van der Waals surface area contributed by atoms with Crippen LogP contribution in [0.15, 0.2) is 48.0 Å². The van der Waals surface area contributed by atoms with Gasteiger partial charge in [-0.3, -0.25) is 0 Å². The van der Waals surface area contributed by atoms with Gasteiger partial charge in [0, 0.05) is 6.42 Å². The summed E-state index contributed by atoms with van der Waals surface area (Å²) in [7, 11) is 9.87. The summed E-state index contributed by atoms with van der Waals surface area (Å²) in [6, 6.07) is 15.7. The average molecular weight is 452 g/mol. The van der Waals surface area contributed by atoms with Crippen LogP contribution in [-0.2, 0) is 26.3 Å². The number of fused-ring (bicyclic) bond motifs is 1. The second-order valence-corrected chi connectivity index (χ2v) is 11.4. The van der Waals surface area contributed by atoms with Crippen molar-refractivity contribution in [1.82, 2.24) is 0 Å². The van der Waals surface area contributed by atoms with Crippen LogP contribution in [0, 0.1) is 12.3 Å².